The lowest BCUT2D eigenvalue weighted by Gasteiger charge is -2.27. The third-order valence-corrected chi connectivity index (χ3v) is 7.19. The van der Waals surface area contributed by atoms with Crippen molar-refractivity contribution in [3.63, 3.8) is 0 Å². The molecule has 3 aromatic carbocycles. The lowest BCUT2D eigenvalue weighted by Crippen LogP contribution is -2.40. The highest BCUT2D eigenvalue weighted by Crippen LogP contribution is 2.35. The second-order valence-corrected chi connectivity index (χ2v) is 9.43. The van der Waals surface area contributed by atoms with E-state index in [1.807, 2.05) is 47.4 Å². The van der Waals surface area contributed by atoms with E-state index in [0.29, 0.717) is 31.9 Å². The number of nitriles is 1. The summed E-state index contributed by atoms with van der Waals surface area (Å²) in [6.45, 7) is 2.44. The summed E-state index contributed by atoms with van der Waals surface area (Å²) in [7, 11) is 0. The Kier molecular flexibility index (Phi) is 5.88. The standard InChI is InChI=1S/C29H27N5O2/c30-18-19-4-10-24-22(16-19)2-1-3-26(24)31-23-9-11-27-25(17-23)28(33-32-27)20-5-7-21(8-6-20)29(35)34-12-14-36-15-13-34/h4-11,16-17,26,31H,1-3,12-15H2,(H,32,33). The Morgan fingerprint density at radius 3 is 2.72 bits per heavy atom. The molecule has 1 atom stereocenters. The van der Waals surface area contributed by atoms with Crippen LogP contribution in [0.4, 0.5) is 5.69 Å². The zero-order chi connectivity index (χ0) is 24.5. The molecule has 7 heteroatoms. The van der Waals surface area contributed by atoms with Gasteiger partial charge < -0.3 is 15.0 Å². The van der Waals surface area contributed by atoms with E-state index >= 15 is 0 Å². The van der Waals surface area contributed by atoms with Crippen LogP contribution in [0.3, 0.4) is 0 Å². The third-order valence-electron chi connectivity index (χ3n) is 7.19. The minimum absolute atomic E-state index is 0.0397. The molecule has 2 N–H and O–H groups in total. The van der Waals surface area contributed by atoms with Crippen molar-refractivity contribution >= 4 is 22.5 Å². The Morgan fingerprint density at radius 1 is 1.08 bits per heavy atom. The van der Waals surface area contributed by atoms with Gasteiger partial charge in [0, 0.05) is 35.3 Å². The van der Waals surface area contributed by atoms with Crippen LogP contribution in [-0.2, 0) is 11.2 Å². The number of carbonyl (C=O) groups is 1. The minimum atomic E-state index is 0.0397. The monoisotopic (exact) mass is 477 g/mol. The highest BCUT2D eigenvalue weighted by Gasteiger charge is 2.21. The van der Waals surface area contributed by atoms with Crippen molar-refractivity contribution in [3.05, 3.63) is 82.9 Å². The van der Waals surface area contributed by atoms with Crippen molar-refractivity contribution in [2.45, 2.75) is 25.3 Å². The Balaban J connectivity index is 1.25. The maximum atomic E-state index is 12.8. The van der Waals surface area contributed by atoms with Gasteiger partial charge in [0.1, 0.15) is 0 Å². The van der Waals surface area contributed by atoms with Crippen LogP contribution in [0.25, 0.3) is 22.2 Å². The number of anilines is 1. The number of amides is 1. The van der Waals surface area contributed by atoms with Crippen LogP contribution < -0.4 is 5.32 Å². The first-order valence-corrected chi connectivity index (χ1v) is 12.4. The van der Waals surface area contributed by atoms with Gasteiger partial charge in [0.25, 0.3) is 5.91 Å². The number of aromatic nitrogens is 2. The molecule has 0 spiro atoms. The summed E-state index contributed by atoms with van der Waals surface area (Å²) in [5.41, 5.74) is 7.75. The molecular weight excluding hydrogens is 450 g/mol. The van der Waals surface area contributed by atoms with Crippen LogP contribution >= 0.6 is 0 Å². The Morgan fingerprint density at radius 2 is 1.92 bits per heavy atom. The average molecular weight is 478 g/mol. The molecule has 0 radical (unpaired) electrons. The van der Waals surface area contributed by atoms with Gasteiger partial charge in [-0.3, -0.25) is 9.89 Å². The number of morpholine rings is 1. The van der Waals surface area contributed by atoms with Gasteiger partial charge in [0.05, 0.1) is 42.1 Å². The topological polar surface area (TPSA) is 94.0 Å². The number of fused-ring (bicyclic) bond motifs is 2. The molecule has 1 saturated heterocycles. The fraction of sp³-hybridized carbons (Fsp3) is 0.276. The summed E-state index contributed by atoms with van der Waals surface area (Å²) in [6, 6.07) is 22.4. The van der Waals surface area contributed by atoms with Crippen LogP contribution in [-0.4, -0.2) is 47.3 Å². The molecule has 1 aliphatic heterocycles. The van der Waals surface area contributed by atoms with Gasteiger partial charge in [-0.1, -0.05) is 18.2 Å². The zero-order valence-corrected chi connectivity index (χ0v) is 20.0. The summed E-state index contributed by atoms with van der Waals surface area (Å²) in [5, 5.41) is 21.7. The quantitative estimate of drug-likeness (QED) is 0.428. The largest absolute Gasteiger partial charge is 0.378 e. The SMILES string of the molecule is N#Cc1ccc2c(c1)CCCC2Nc1ccc2[nH]nc(-c3ccc(C(=O)N4CCOCC4)cc3)c2c1. The van der Waals surface area contributed by atoms with E-state index in [1.165, 1.54) is 11.1 Å². The summed E-state index contributed by atoms with van der Waals surface area (Å²) >= 11 is 0. The number of rotatable bonds is 4. The molecule has 1 aliphatic carbocycles. The molecule has 1 unspecified atom stereocenters. The average Bonchev–Trinajstić information content (AvgIpc) is 3.36. The Bertz CT molecular complexity index is 1460. The second-order valence-electron chi connectivity index (χ2n) is 9.43. The highest BCUT2D eigenvalue weighted by atomic mass is 16.5. The predicted molar refractivity (Wildman–Crippen MR) is 139 cm³/mol. The molecule has 0 bridgehead atoms. The molecule has 2 aliphatic rings. The van der Waals surface area contributed by atoms with Gasteiger partial charge in [0.15, 0.2) is 0 Å². The van der Waals surface area contributed by atoms with Crippen LogP contribution in [0.5, 0.6) is 0 Å². The van der Waals surface area contributed by atoms with Crippen molar-refractivity contribution < 1.29 is 9.53 Å². The number of aryl methyl sites for hydroxylation is 1. The normalized spacial score (nSPS) is 17.4. The Labute approximate surface area is 209 Å². The number of nitrogens with zero attached hydrogens (tertiary/aromatic N) is 3. The molecule has 7 nitrogen and oxygen atoms in total. The number of benzene rings is 3. The van der Waals surface area contributed by atoms with E-state index in [1.54, 1.807) is 0 Å². The second kappa shape index (κ2) is 9.48. The van der Waals surface area contributed by atoms with Crippen molar-refractivity contribution in [1.29, 1.82) is 5.26 Å². The number of hydrogen-bond acceptors (Lipinski definition) is 5. The van der Waals surface area contributed by atoms with Gasteiger partial charge in [-0.25, -0.2) is 0 Å². The lowest BCUT2D eigenvalue weighted by molar-refractivity contribution is 0.0303. The maximum Gasteiger partial charge on any atom is 0.254 e. The fourth-order valence-electron chi connectivity index (χ4n) is 5.28. The molecule has 180 valence electrons. The van der Waals surface area contributed by atoms with Crippen LogP contribution in [0.15, 0.2) is 60.7 Å². The number of nitrogens with one attached hydrogen (secondary N) is 2. The summed E-state index contributed by atoms with van der Waals surface area (Å²) < 4.78 is 5.36. The molecule has 36 heavy (non-hydrogen) atoms. The van der Waals surface area contributed by atoms with Crippen molar-refractivity contribution in [2.24, 2.45) is 0 Å². The highest BCUT2D eigenvalue weighted by molar-refractivity contribution is 5.97. The molecule has 6 rings (SSSR count). The van der Waals surface area contributed by atoms with Crippen molar-refractivity contribution in [2.75, 3.05) is 31.6 Å². The molecule has 1 amide bonds. The Hall–Kier alpha value is -4.15. The first-order chi connectivity index (χ1) is 17.7. The smallest absolute Gasteiger partial charge is 0.254 e. The van der Waals surface area contributed by atoms with Gasteiger partial charge in [-0.05, 0) is 72.9 Å². The lowest BCUT2D eigenvalue weighted by atomic mass is 9.86. The molecule has 1 fully saturated rings. The fourth-order valence-corrected chi connectivity index (χ4v) is 5.28. The summed E-state index contributed by atoms with van der Waals surface area (Å²) in [6.07, 6.45) is 3.15. The molecule has 4 aromatic rings. The van der Waals surface area contributed by atoms with Crippen LogP contribution in [0, 0.1) is 11.3 Å². The van der Waals surface area contributed by atoms with Crippen molar-refractivity contribution in [1.82, 2.24) is 15.1 Å². The van der Waals surface area contributed by atoms with Gasteiger partial charge >= 0.3 is 0 Å². The zero-order valence-electron chi connectivity index (χ0n) is 20.0. The van der Waals surface area contributed by atoms with Crippen LogP contribution in [0.1, 0.15) is 45.9 Å². The van der Waals surface area contributed by atoms with Gasteiger partial charge in [-0.15, -0.1) is 0 Å². The van der Waals surface area contributed by atoms with Crippen molar-refractivity contribution in [3.8, 4) is 17.3 Å². The first kappa shape index (κ1) is 22.3. The van der Waals surface area contributed by atoms with Crippen LogP contribution in [0.2, 0.25) is 0 Å². The molecule has 0 saturated carbocycles. The first-order valence-electron chi connectivity index (χ1n) is 12.4. The molecule has 1 aromatic heterocycles. The number of aromatic amines is 1. The minimum Gasteiger partial charge on any atom is -0.378 e. The predicted octanol–water partition coefficient (Wildman–Crippen LogP) is 5.06. The molecular formula is C29H27N5O2. The number of H-pyrrole nitrogens is 1. The van der Waals surface area contributed by atoms with E-state index < -0.39 is 0 Å². The van der Waals surface area contributed by atoms with E-state index in [2.05, 4.69) is 39.8 Å². The summed E-state index contributed by atoms with van der Waals surface area (Å²) in [5.74, 6) is 0.0397. The van der Waals surface area contributed by atoms with E-state index in [0.717, 1.165) is 52.7 Å². The van der Waals surface area contributed by atoms with E-state index in [-0.39, 0.29) is 11.9 Å². The third kappa shape index (κ3) is 4.21. The maximum absolute atomic E-state index is 12.8. The van der Waals surface area contributed by atoms with Gasteiger partial charge in [0.2, 0.25) is 0 Å². The molecule has 2 heterocycles. The number of carbonyl (C=O) groups excluding carboxylic acids is 1. The number of hydrogen-bond donors (Lipinski definition) is 2. The number of ether oxygens (including phenoxy) is 1. The van der Waals surface area contributed by atoms with Gasteiger partial charge in [-0.2, -0.15) is 10.4 Å². The van der Waals surface area contributed by atoms with E-state index in [9.17, 15) is 10.1 Å². The summed E-state index contributed by atoms with van der Waals surface area (Å²) in [4.78, 5) is 14.6. The van der Waals surface area contributed by atoms with E-state index in [4.69, 9.17) is 4.74 Å².